The fraction of sp³-hybridized carbons (Fsp3) is 0.769. The van der Waals surface area contributed by atoms with E-state index in [2.05, 4.69) is 30.6 Å². The third-order valence-electron chi connectivity index (χ3n) is 4.02. The summed E-state index contributed by atoms with van der Waals surface area (Å²) in [4.78, 5) is 0. The zero-order chi connectivity index (χ0) is 12.3. The van der Waals surface area contributed by atoms with Crippen LogP contribution in [0.15, 0.2) is 6.07 Å². The van der Waals surface area contributed by atoms with Crippen molar-refractivity contribution in [3.63, 3.8) is 0 Å². The molecule has 0 atom stereocenters. The first-order valence-corrected chi connectivity index (χ1v) is 6.33. The minimum absolute atomic E-state index is 0.101. The van der Waals surface area contributed by atoms with Crippen LogP contribution in [0, 0.1) is 5.41 Å². The molecule has 4 nitrogen and oxygen atoms in total. The van der Waals surface area contributed by atoms with Crippen molar-refractivity contribution in [2.24, 2.45) is 5.41 Å². The van der Waals surface area contributed by atoms with Gasteiger partial charge in [-0.05, 0) is 12.8 Å². The van der Waals surface area contributed by atoms with E-state index in [1.165, 1.54) is 18.5 Å². The molecule has 0 bridgehead atoms. The Kier molecular flexibility index (Phi) is 2.12. The van der Waals surface area contributed by atoms with Crippen LogP contribution in [0.3, 0.4) is 0 Å². The summed E-state index contributed by atoms with van der Waals surface area (Å²) in [6.07, 6.45) is 2.38. The molecule has 2 aliphatic rings. The van der Waals surface area contributed by atoms with Gasteiger partial charge in [-0.25, -0.2) is 0 Å². The lowest BCUT2D eigenvalue weighted by molar-refractivity contribution is -0.176. The number of ether oxygens (including phenoxy) is 1. The van der Waals surface area contributed by atoms with E-state index in [0.717, 1.165) is 13.2 Å². The van der Waals surface area contributed by atoms with Crippen LogP contribution in [0.25, 0.3) is 0 Å². The highest BCUT2D eigenvalue weighted by Crippen LogP contribution is 2.53. The highest BCUT2D eigenvalue weighted by atomic mass is 16.5. The summed E-state index contributed by atoms with van der Waals surface area (Å²) in [5.74, 6) is 0.640. The largest absolute Gasteiger partial charge is 0.382 e. The van der Waals surface area contributed by atoms with E-state index in [0.29, 0.717) is 17.3 Å². The molecule has 0 aromatic carbocycles. The van der Waals surface area contributed by atoms with Crippen molar-refractivity contribution in [3.05, 3.63) is 11.8 Å². The number of rotatable bonds is 1. The zero-order valence-electron chi connectivity index (χ0n) is 10.9. The zero-order valence-corrected chi connectivity index (χ0v) is 10.9. The van der Waals surface area contributed by atoms with E-state index in [-0.39, 0.29) is 5.41 Å². The predicted octanol–water partition coefficient (Wildman–Crippen LogP) is 2.11. The normalized spacial score (nSPS) is 23.5. The average molecular weight is 235 g/mol. The quantitative estimate of drug-likeness (QED) is 0.811. The van der Waals surface area contributed by atoms with Crippen LogP contribution in [0.1, 0.15) is 45.3 Å². The van der Waals surface area contributed by atoms with E-state index < -0.39 is 0 Å². The second-order valence-electron chi connectivity index (χ2n) is 6.70. The van der Waals surface area contributed by atoms with Gasteiger partial charge in [-0.2, -0.15) is 5.10 Å². The molecule has 1 aliphatic heterocycles. The van der Waals surface area contributed by atoms with Gasteiger partial charge in [-0.3, -0.25) is 4.68 Å². The summed E-state index contributed by atoms with van der Waals surface area (Å²) in [5.41, 5.74) is 7.67. The number of nitrogens with two attached hydrogens (primary N) is 1. The fourth-order valence-corrected chi connectivity index (χ4v) is 2.99. The van der Waals surface area contributed by atoms with Crippen LogP contribution in [0.4, 0.5) is 5.82 Å². The number of nitrogens with zero attached hydrogens (tertiary/aromatic N) is 2. The van der Waals surface area contributed by atoms with E-state index >= 15 is 0 Å². The molecule has 1 aromatic heterocycles. The molecule has 1 aliphatic carbocycles. The molecule has 2 heterocycles. The van der Waals surface area contributed by atoms with Gasteiger partial charge in [0.15, 0.2) is 0 Å². The van der Waals surface area contributed by atoms with Gasteiger partial charge in [0.05, 0.1) is 19.3 Å². The van der Waals surface area contributed by atoms with Gasteiger partial charge >= 0.3 is 0 Å². The maximum atomic E-state index is 5.85. The summed E-state index contributed by atoms with van der Waals surface area (Å²) in [7, 11) is 0. The molecule has 3 rings (SSSR count). The number of nitrogen functional groups attached to an aromatic ring is 1. The third kappa shape index (κ3) is 1.66. The van der Waals surface area contributed by atoms with Crippen LogP contribution in [-0.4, -0.2) is 23.0 Å². The van der Waals surface area contributed by atoms with Gasteiger partial charge in [0.25, 0.3) is 0 Å². The highest BCUT2D eigenvalue weighted by Gasteiger charge is 2.51. The van der Waals surface area contributed by atoms with Crippen molar-refractivity contribution in [3.8, 4) is 0 Å². The Morgan fingerprint density at radius 2 is 2.06 bits per heavy atom. The summed E-state index contributed by atoms with van der Waals surface area (Å²) in [6.45, 7) is 8.50. The van der Waals surface area contributed by atoms with Gasteiger partial charge < -0.3 is 10.5 Å². The van der Waals surface area contributed by atoms with Crippen molar-refractivity contribution in [2.75, 3.05) is 18.9 Å². The molecule has 17 heavy (non-hydrogen) atoms. The van der Waals surface area contributed by atoms with Crippen molar-refractivity contribution in [1.29, 1.82) is 0 Å². The first-order chi connectivity index (χ1) is 7.90. The second kappa shape index (κ2) is 3.25. The summed E-state index contributed by atoms with van der Waals surface area (Å²) < 4.78 is 7.46. The smallest absolute Gasteiger partial charge is 0.145 e. The third-order valence-corrected chi connectivity index (χ3v) is 4.02. The summed E-state index contributed by atoms with van der Waals surface area (Å²) >= 11 is 0. The molecular formula is C13H21N3O. The standard InChI is InChI=1S/C13H21N3O/c1-12(2,3)10-4-11(14)15-16(10)9-5-13(6-9)7-17-8-13/h4,9H,5-8H2,1-3H3,(H2,14,15). The number of hydrogen-bond acceptors (Lipinski definition) is 3. The summed E-state index contributed by atoms with van der Waals surface area (Å²) in [5, 5.41) is 4.48. The molecule has 1 aromatic rings. The monoisotopic (exact) mass is 235 g/mol. The lowest BCUT2D eigenvalue weighted by Crippen LogP contribution is -2.53. The van der Waals surface area contributed by atoms with E-state index in [1.54, 1.807) is 0 Å². The second-order valence-corrected chi connectivity index (χ2v) is 6.70. The first kappa shape index (κ1) is 11.1. The molecule has 94 valence electrons. The topological polar surface area (TPSA) is 53.1 Å². The molecule has 0 amide bonds. The molecule has 4 heteroatoms. The Morgan fingerprint density at radius 3 is 2.53 bits per heavy atom. The first-order valence-electron chi connectivity index (χ1n) is 6.33. The highest BCUT2D eigenvalue weighted by molar-refractivity contribution is 5.33. The molecule has 2 fully saturated rings. The fourth-order valence-electron chi connectivity index (χ4n) is 2.99. The minimum atomic E-state index is 0.101. The molecule has 1 saturated carbocycles. The van der Waals surface area contributed by atoms with Crippen LogP contribution in [0.2, 0.25) is 0 Å². The molecule has 2 N–H and O–H groups in total. The lowest BCUT2D eigenvalue weighted by Gasteiger charge is -2.53. The Labute approximate surface area is 102 Å². The SMILES string of the molecule is CC(C)(C)c1cc(N)nn1C1CC2(COC2)C1. The maximum Gasteiger partial charge on any atom is 0.145 e. The van der Waals surface area contributed by atoms with E-state index in [4.69, 9.17) is 10.5 Å². The van der Waals surface area contributed by atoms with Crippen LogP contribution in [0.5, 0.6) is 0 Å². The van der Waals surface area contributed by atoms with Gasteiger partial charge in [0.2, 0.25) is 0 Å². The number of anilines is 1. The van der Waals surface area contributed by atoms with Crippen molar-refractivity contribution in [2.45, 2.75) is 45.1 Å². The number of hydrogen-bond donors (Lipinski definition) is 1. The van der Waals surface area contributed by atoms with E-state index in [1.807, 2.05) is 6.07 Å². The van der Waals surface area contributed by atoms with Gasteiger partial charge in [-0.1, -0.05) is 20.8 Å². The average Bonchev–Trinajstić information content (AvgIpc) is 2.41. The lowest BCUT2D eigenvalue weighted by atomic mass is 9.64. The Balaban J connectivity index is 1.84. The van der Waals surface area contributed by atoms with Crippen LogP contribution < -0.4 is 5.73 Å². The van der Waals surface area contributed by atoms with Crippen LogP contribution in [-0.2, 0) is 10.2 Å². The Hall–Kier alpha value is -1.03. The van der Waals surface area contributed by atoms with Gasteiger partial charge in [0.1, 0.15) is 5.82 Å². The van der Waals surface area contributed by atoms with E-state index in [9.17, 15) is 0 Å². The molecule has 1 spiro atoms. The Bertz CT molecular complexity index is 432. The predicted molar refractivity (Wildman–Crippen MR) is 66.9 cm³/mol. The molecular weight excluding hydrogens is 214 g/mol. The number of aromatic nitrogens is 2. The molecule has 1 saturated heterocycles. The molecule has 0 unspecified atom stereocenters. The van der Waals surface area contributed by atoms with Gasteiger partial charge in [0, 0.05) is 22.6 Å². The van der Waals surface area contributed by atoms with Gasteiger partial charge in [-0.15, -0.1) is 0 Å². The summed E-state index contributed by atoms with van der Waals surface area (Å²) in [6, 6.07) is 2.54. The minimum Gasteiger partial charge on any atom is -0.382 e. The van der Waals surface area contributed by atoms with Crippen LogP contribution >= 0.6 is 0 Å². The van der Waals surface area contributed by atoms with Crippen molar-refractivity contribution < 1.29 is 4.74 Å². The molecule has 0 radical (unpaired) electrons. The van der Waals surface area contributed by atoms with Crippen molar-refractivity contribution in [1.82, 2.24) is 9.78 Å². The van der Waals surface area contributed by atoms with Crippen molar-refractivity contribution >= 4 is 5.82 Å². The Morgan fingerprint density at radius 1 is 1.41 bits per heavy atom. The maximum absolute atomic E-state index is 5.85.